The summed E-state index contributed by atoms with van der Waals surface area (Å²) in [7, 11) is -3.62. The van der Waals surface area contributed by atoms with Gasteiger partial charge in [-0.3, -0.25) is 19.2 Å². The van der Waals surface area contributed by atoms with Crippen molar-refractivity contribution >= 4 is 39.4 Å². The molecule has 5 fully saturated rings. The maximum absolute atomic E-state index is 14.6. The lowest BCUT2D eigenvalue weighted by Gasteiger charge is -2.42. The van der Waals surface area contributed by atoms with Gasteiger partial charge in [-0.1, -0.05) is 73.6 Å². The number of ether oxygens (including phenoxy) is 1. The summed E-state index contributed by atoms with van der Waals surface area (Å²) >= 11 is 0. The molecule has 294 valence electrons. The molecule has 5 aliphatic rings. The van der Waals surface area contributed by atoms with Crippen molar-refractivity contribution in [2.75, 3.05) is 25.5 Å². The molecule has 14 heteroatoms. The van der Waals surface area contributed by atoms with Gasteiger partial charge in [0.25, 0.3) is 5.91 Å². The van der Waals surface area contributed by atoms with Crippen LogP contribution in [0.4, 0.5) is 4.79 Å². The average Bonchev–Trinajstić information content (AvgIpc) is 3.92. The molecular weight excluding hydrogens is 687 g/mol. The summed E-state index contributed by atoms with van der Waals surface area (Å²) in [4.78, 5) is 70.2. The number of nitrogens with zero attached hydrogens (tertiary/aromatic N) is 1. The molecule has 5 atom stereocenters. The van der Waals surface area contributed by atoms with E-state index in [4.69, 9.17) is 4.74 Å². The van der Waals surface area contributed by atoms with E-state index >= 15 is 0 Å². The quantitative estimate of drug-likeness (QED) is 0.195. The summed E-state index contributed by atoms with van der Waals surface area (Å²) < 4.78 is 32.3. The molecule has 2 saturated heterocycles. The summed E-state index contributed by atoms with van der Waals surface area (Å²) in [5, 5.41) is 11.6. The Morgan fingerprint density at radius 3 is 2.13 bits per heavy atom. The standard InChI is InChI=1S/C38H63N5O8S/c1-8-9-13-26(29(44)32(46)39-24-14-15-24)40-31(45)28-27-25(36(27,5)6)22-43(28)33(47)30(35(2,3)4)41-34(48)42-38(16-11-10-12-17-38)23-52(49,50)37(7)18-20-51-21-19-37/h24-28,30H,8-23H2,1-7H3,(H,39,46)(H,40,45)(H2,41,42,48)/t25-,26-,27-,28-,30+/m0/s1. The molecule has 3 aliphatic carbocycles. The van der Waals surface area contributed by atoms with Gasteiger partial charge in [-0.15, -0.1) is 0 Å². The molecule has 2 aliphatic heterocycles. The van der Waals surface area contributed by atoms with Crippen LogP contribution in [0.2, 0.25) is 0 Å². The van der Waals surface area contributed by atoms with Crippen LogP contribution in [0.1, 0.15) is 126 Å². The zero-order chi connectivity index (χ0) is 38.3. The molecule has 0 aromatic carbocycles. The number of rotatable bonds is 14. The van der Waals surface area contributed by atoms with Crippen molar-refractivity contribution < 1.29 is 37.1 Å². The van der Waals surface area contributed by atoms with E-state index in [9.17, 15) is 32.4 Å². The number of Topliss-reactive ketones (excluding diaryl/α,β-unsaturated/α-hetero) is 1. The Balaban J connectivity index is 1.33. The van der Waals surface area contributed by atoms with Crippen molar-refractivity contribution in [1.29, 1.82) is 0 Å². The molecule has 52 heavy (non-hydrogen) atoms. The number of hydrogen-bond acceptors (Lipinski definition) is 8. The molecule has 0 aromatic heterocycles. The van der Waals surface area contributed by atoms with Crippen molar-refractivity contribution in [3.63, 3.8) is 0 Å². The first kappa shape index (κ1) is 40.4. The Morgan fingerprint density at radius 1 is 0.923 bits per heavy atom. The molecule has 0 radical (unpaired) electrons. The first-order valence-corrected chi connectivity index (χ1v) is 21.2. The van der Waals surface area contributed by atoms with Crippen molar-refractivity contribution in [2.24, 2.45) is 22.7 Å². The highest BCUT2D eigenvalue weighted by Crippen LogP contribution is 2.65. The number of ketones is 1. The third kappa shape index (κ3) is 8.63. The highest BCUT2D eigenvalue weighted by atomic mass is 32.2. The second-order valence-electron chi connectivity index (χ2n) is 18.3. The van der Waals surface area contributed by atoms with Gasteiger partial charge in [0.05, 0.1) is 22.1 Å². The summed E-state index contributed by atoms with van der Waals surface area (Å²) in [6.07, 6.45) is 7.75. The zero-order valence-corrected chi connectivity index (χ0v) is 33.2. The smallest absolute Gasteiger partial charge is 0.315 e. The molecule has 0 bridgehead atoms. The molecule has 4 N–H and O–H groups in total. The fraction of sp³-hybridized carbons (Fsp3) is 0.868. The molecule has 0 spiro atoms. The summed E-state index contributed by atoms with van der Waals surface area (Å²) in [5.74, 6) is -2.50. The predicted octanol–water partition coefficient (Wildman–Crippen LogP) is 3.39. The van der Waals surface area contributed by atoms with Crippen LogP contribution in [0.5, 0.6) is 0 Å². The molecule has 5 amide bonds. The largest absolute Gasteiger partial charge is 0.381 e. The summed E-state index contributed by atoms with van der Waals surface area (Å²) in [6.45, 7) is 14.5. The predicted molar refractivity (Wildman–Crippen MR) is 197 cm³/mol. The van der Waals surface area contributed by atoms with Crippen LogP contribution in [0.3, 0.4) is 0 Å². The Hall–Kier alpha value is -2.74. The first-order valence-electron chi connectivity index (χ1n) is 19.6. The summed E-state index contributed by atoms with van der Waals surface area (Å²) in [5.41, 5.74) is -1.94. The fourth-order valence-corrected chi connectivity index (χ4v) is 11.0. The molecule has 5 rings (SSSR count). The number of carbonyl (C=O) groups excluding carboxylic acids is 5. The van der Waals surface area contributed by atoms with Crippen LogP contribution in [0, 0.1) is 22.7 Å². The number of likely N-dealkylation sites (tertiary alicyclic amines) is 1. The minimum Gasteiger partial charge on any atom is -0.381 e. The minimum atomic E-state index is -3.62. The maximum atomic E-state index is 14.6. The van der Waals surface area contributed by atoms with Crippen molar-refractivity contribution in [1.82, 2.24) is 26.2 Å². The number of sulfone groups is 1. The zero-order valence-electron chi connectivity index (χ0n) is 32.4. The SMILES string of the molecule is CCCC[C@H](NC(=O)[C@@H]1[C@@H]2[C@H](CN1C(=O)[C@@H](NC(=O)NC1(CS(=O)(=O)C3(C)CCOCC3)CCCCC1)C(C)(C)C)C2(C)C)C(=O)C(=O)NC1CC1. The maximum Gasteiger partial charge on any atom is 0.315 e. The summed E-state index contributed by atoms with van der Waals surface area (Å²) in [6, 6.07) is -3.52. The van der Waals surface area contributed by atoms with Gasteiger partial charge in [0.2, 0.25) is 17.6 Å². The number of hydrogen-bond donors (Lipinski definition) is 4. The van der Waals surface area contributed by atoms with Crippen LogP contribution in [0.15, 0.2) is 0 Å². The van der Waals surface area contributed by atoms with Crippen LogP contribution in [-0.2, 0) is 33.8 Å². The highest BCUT2D eigenvalue weighted by molar-refractivity contribution is 7.92. The van der Waals surface area contributed by atoms with Crippen LogP contribution < -0.4 is 21.3 Å². The Morgan fingerprint density at radius 2 is 1.56 bits per heavy atom. The average molecular weight is 750 g/mol. The number of nitrogens with one attached hydrogen (secondary N) is 4. The van der Waals surface area contributed by atoms with Crippen LogP contribution in [0.25, 0.3) is 0 Å². The number of amides is 5. The Bertz CT molecular complexity index is 1490. The van der Waals surface area contributed by atoms with E-state index in [1.807, 2.05) is 27.7 Å². The lowest BCUT2D eigenvalue weighted by molar-refractivity contribution is -0.145. The monoisotopic (exact) mass is 749 g/mol. The van der Waals surface area contributed by atoms with E-state index in [1.165, 1.54) is 0 Å². The van der Waals surface area contributed by atoms with E-state index in [-0.39, 0.29) is 29.0 Å². The van der Waals surface area contributed by atoms with Crippen LogP contribution in [-0.4, -0.2) is 103 Å². The van der Waals surface area contributed by atoms with Crippen molar-refractivity contribution in [3.05, 3.63) is 0 Å². The van der Waals surface area contributed by atoms with E-state index in [0.717, 1.165) is 38.5 Å². The molecule has 0 aromatic rings. The topological polar surface area (TPSA) is 180 Å². The molecule has 0 unspecified atom stereocenters. The number of piperidine rings is 1. The van der Waals surface area contributed by atoms with Gasteiger partial charge in [0, 0.05) is 25.8 Å². The van der Waals surface area contributed by atoms with E-state index < -0.39 is 73.2 Å². The second-order valence-corrected chi connectivity index (χ2v) is 20.8. The lowest BCUT2D eigenvalue weighted by Crippen LogP contribution is -2.64. The van der Waals surface area contributed by atoms with Gasteiger partial charge in [-0.05, 0) is 74.5 Å². The number of unbranched alkanes of at least 4 members (excludes halogenated alkanes) is 1. The van der Waals surface area contributed by atoms with Crippen molar-refractivity contribution in [2.45, 2.75) is 160 Å². The van der Waals surface area contributed by atoms with Gasteiger partial charge in [-0.2, -0.15) is 0 Å². The van der Waals surface area contributed by atoms with Crippen molar-refractivity contribution in [3.8, 4) is 0 Å². The normalized spacial score (nSPS) is 27.4. The van der Waals surface area contributed by atoms with Gasteiger partial charge in [0.15, 0.2) is 9.84 Å². The lowest BCUT2D eigenvalue weighted by atomic mass is 9.83. The van der Waals surface area contributed by atoms with E-state index in [0.29, 0.717) is 58.3 Å². The van der Waals surface area contributed by atoms with Gasteiger partial charge in [0.1, 0.15) is 12.1 Å². The third-order valence-electron chi connectivity index (χ3n) is 12.7. The molecule has 3 saturated carbocycles. The number of carbonyl (C=O) groups is 5. The molecular formula is C38H63N5O8S. The number of urea groups is 1. The second kappa shape index (κ2) is 15.2. The molecule has 13 nitrogen and oxygen atoms in total. The Kier molecular flexibility index (Phi) is 11.8. The van der Waals surface area contributed by atoms with Gasteiger partial charge >= 0.3 is 6.03 Å². The van der Waals surface area contributed by atoms with E-state index in [2.05, 4.69) is 35.1 Å². The van der Waals surface area contributed by atoms with Gasteiger partial charge in [-0.25, -0.2) is 13.2 Å². The first-order chi connectivity index (χ1) is 24.3. The van der Waals surface area contributed by atoms with E-state index in [1.54, 1.807) is 11.8 Å². The third-order valence-corrected chi connectivity index (χ3v) is 15.6. The minimum absolute atomic E-state index is 0.00152. The highest BCUT2D eigenvalue weighted by Gasteiger charge is 2.70. The fourth-order valence-electron chi connectivity index (χ4n) is 8.80. The number of fused-ring (bicyclic) bond motifs is 1. The van der Waals surface area contributed by atoms with Crippen LogP contribution >= 0.6 is 0 Å². The van der Waals surface area contributed by atoms with Gasteiger partial charge < -0.3 is 30.9 Å². The molecule has 2 heterocycles. The Labute approximate surface area is 310 Å².